The number of hydrogen-bond acceptors (Lipinski definition) is 3. The SMILES string of the molecule is CCCCC(Sc1cccc(N)c1C)C(=O)O. The standard InChI is InChI=1S/C13H19NO2S/c1-3-4-7-12(13(15)16)17-11-8-5-6-10(14)9(11)2/h5-6,8,12H,3-4,7,14H2,1-2H3,(H,15,16). The maximum Gasteiger partial charge on any atom is 0.316 e. The molecule has 1 atom stereocenters. The van der Waals surface area contributed by atoms with E-state index in [0.29, 0.717) is 6.42 Å². The summed E-state index contributed by atoms with van der Waals surface area (Å²) < 4.78 is 0. The largest absolute Gasteiger partial charge is 0.480 e. The predicted molar refractivity (Wildman–Crippen MR) is 72.4 cm³/mol. The van der Waals surface area contributed by atoms with Gasteiger partial charge in [0.25, 0.3) is 0 Å². The lowest BCUT2D eigenvalue weighted by atomic mass is 10.2. The molecule has 0 aromatic heterocycles. The zero-order valence-corrected chi connectivity index (χ0v) is 11.1. The smallest absolute Gasteiger partial charge is 0.316 e. The van der Waals surface area contributed by atoms with Crippen molar-refractivity contribution >= 4 is 23.4 Å². The van der Waals surface area contributed by atoms with Crippen LogP contribution in [0, 0.1) is 6.92 Å². The molecule has 0 radical (unpaired) electrons. The summed E-state index contributed by atoms with van der Waals surface area (Å²) in [5.74, 6) is -0.745. The molecular weight excluding hydrogens is 234 g/mol. The Bertz CT molecular complexity index is 393. The number of hydrogen-bond donors (Lipinski definition) is 2. The van der Waals surface area contributed by atoms with Gasteiger partial charge < -0.3 is 10.8 Å². The normalized spacial score (nSPS) is 12.4. The van der Waals surface area contributed by atoms with Gasteiger partial charge >= 0.3 is 5.97 Å². The monoisotopic (exact) mass is 253 g/mol. The molecule has 1 rings (SSSR count). The first-order valence-electron chi connectivity index (χ1n) is 5.80. The highest BCUT2D eigenvalue weighted by Crippen LogP contribution is 2.31. The number of carboxylic acids is 1. The van der Waals surface area contributed by atoms with Gasteiger partial charge in [-0.15, -0.1) is 11.8 Å². The fourth-order valence-corrected chi connectivity index (χ4v) is 2.68. The third-order valence-corrected chi connectivity index (χ3v) is 4.11. The van der Waals surface area contributed by atoms with E-state index in [2.05, 4.69) is 6.92 Å². The van der Waals surface area contributed by atoms with Crippen LogP contribution < -0.4 is 5.73 Å². The van der Waals surface area contributed by atoms with Crippen LogP contribution in [0.1, 0.15) is 31.7 Å². The fourth-order valence-electron chi connectivity index (χ4n) is 1.53. The van der Waals surface area contributed by atoms with Crippen LogP contribution in [-0.4, -0.2) is 16.3 Å². The van der Waals surface area contributed by atoms with E-state index in [1.165, 1.54) is 11.8 Å². The molecule has 94 valence electrons. The van der Waals surface area contributed by atoms with Gasteiger partial charge in [-0.05, 0) is 31.0 Å². The topological polar surface area (TPSA) is 63.3 Å². The number of unbranched alkanes of at least 4 members (excludes halogenated alkanes) is 1. The molecule has 1 aromatic carbocycles. The minimum absolute atomic E-state index is 0.379. The summed E-state index contributed by atoms with van der Waals surface area (Å²) in [6.07, 6.45) is 2.65. The van der Waals surface area contributed by atoms with Crippen LogP contribution in [0.4, 0.5) is 5.69 Å². The van der Waals surface area contributed by atoms with E-state index in [1.807, 2.05) is 25.1 Å². The van der Waals surface area contributed by atoms with Crippen molar-refractivity contribution in [3.05, 3.63) is 23.8 Å². The summed E-state index contributed by atoms with van der Waals surface area (Å²) >= 11 is 1.40. The van der Waals surface area contributed by atoms with Crippen molar-refractivity contribution in [3.8, 4) is 0 Å². The van der Waals surface area contributed by atoms with Crippen LogP contribution in [0.15, 0.2) is 23.1 Å². The highest BCUT2D eigenvalue weighted by Gasteiger charge is 2.19. The van der Waals surface area contributed by atoms with Crippen LogP contribution >= 0.6 is 11.8 Å². The molecule has 4 heteroatoms. The van der Waals surface area contributed by atoms with Gasteiger partial charge in [0.05, 0.1) is 0 Å². The molecule has 0 fully saturated rings. The lowest BCUT2D eigenvalue weighted by Crippen LogP contribution is -2.16. The van der Waals surface area contributed by atoms with Crippen LogP contribution in [0.2, 0.25) is 0 Å². The molecule has 0 aliphatic heterocycles. The molecule has 1 unspecified atom stereocenters. The van der Waals surface area contributed by atoms with Crippen LogP contribution in [-0.2, 0) is 4.79 Å². The molecule has 3 N–H and O–H groups in total. The van der Waals surface area contributed by atoms with Gasteiger partial charge in [-0.25, -0.2) is 0 Å². The molecule has 0 bridgehead atoms. The van der Waals surface area contributed by atoms with Gasteiger partial charge in [-0.3, -0.25) is 4.79 Å². The van der Waals surface area contributed by atoms with Gasteiger partial charge in [-0.1, -0.05) is 25.8 Å². The average molecular weight is 253 g/mol. The first-order chi connectivity index (χ1) is 8.06. The number of carboxylic acid groups (broad SMARTS) is 1. The highest BCUT2D eigenvalue weighted by atomic mass is 32.2. The molecule has 17 heavy (non-hydrogen) atoms. The van der Waals surface area contributed by atoms with Gasteiger partial charge in [-0.2, -0.15) is 0 Å². The zero-order valence-electron chi connectivity index (χ0n) is 10.3. The predicted octanol–water partition coefficient (Wildman–Crippen LogP) is 3.31. The summed E-state index contributed by atoms with van der Waals surface area (Å²) in [5, 5.41) is 8.79. The van der Waals surface area contributed by atoms with E-state index in [9.17, 15) is 4.79 Å². The Balaban J connectivity index is 2.78. The van der Waals surface area contributed by atoms with Crippen molar-refractivity contribution in [1.82, 2.24) is 0 Å². The Kier molecular flexibility index (Phi) is 5.35. The maximum absolute atomic E-state index is 11.2. The average Bonchev–Trinajstić information content (AvgIpc) is 2.29. The first-order valence-corrected chi connectivity index (χ1v) is 6.68. The number of nitrogen functional groups attached to an aromatic ring is 1. The summed E-state index contributed by atoms with van der Waals surface area (Å²) in [6, 6.07) is 5.63. The second-order valence-electron chi connectivity index (χ2n) is 4.06. The van der Waals surface area contributed by atoms with Crippen LogP contribution in [0.5, 0.6) is 0 Å². The molecular formula is C13H19NO2S. The molecule has 0 saturated carbocycles. The first kappa shape index (κ1) is 13.9. The van der Waals surface area contributed by atoms with E-state index in [1.54, 1.807) is 0 Å². The minimum atomic E-state index is -0.745. The molecule has 3 nitrogen and oxygen atoms in total. The lowest BCUT2D eigenvalue weighted by molar-refractivity contribution is -0.136. The molecule has 0 aliphatic rings. The fraction of sp³-hybridized carbons (Fsp3) is 0.462. The molecule has 0 amide bonds. The number of benzene rings is 1. The van der Waals surface area contributed by atoms with E-state index >= 15 is 0 Å². The number of aliphatic carboxylic acids is 1. The van der Waals surface area contributed by atoms with Crippen molar-refractivity contribution in [3.63, 3.8) is 0 Å². The van der Waals surface area contributed by atoms with Crippen molar-refractivity contribution < 1.29 is 9.90 Å². The van der Waals surface area contributed by atoms with Gasteiger partial charge in [0.1, 0.15) is 5.25 Å². The van der Waals surface area contributed by atoms with Crippen LogP contribution in [0.3, 0.4) is 0 Å². The van der Waals surface area contributed by atoms with E-state index in [4.69, 9.17) is 10.8 Å². The third kappa shape index (κ3) is 3.97. The molecule has 0 aliphatic carbocycles. The van der Waals surface area contributed by atoms with E-state index < -0.39 is 5.97 Å². The molecule has 0 saturated heterocycles. The zero-order chi connectivity index (χ0) is 12.8. The van der Waals surface area contributed by atoms with E-state index in [-0.39, 0.29) is 5.25 Å². The van der Waals surface area contributed by atoms with Crippen molar-refractivity contribution in [1.29, 1.82) is 0 Å². The number of thioether (sulfide) groups is 1. The second-order valence-corrected chi connectivity index (χ2v) is 5.30. The molecule has 1 aromatic rings. The summed E-state index contributed by atoms with van der Waals surface area (Å²) in [6.45, 7) is 3.99. The summed E-state index contributed by atoms with van der Waals surface area (Å²) in [5.41, 5.74) is 7.50. The minimum Gasteiger partial charge on any atom is -0.480 e. The Morgan fingerprint density at radius 3 is 2.82 bits per heavy atom. The number of nitrogens with two attached hydrogens (primary N) is 1. The van der Waals surface area contributed by atoms with Crippen molar-refractivity contribution in [2.75, 3.05) is 5.73 Å². The van der Waals surface area contributed by atoms with Gasteiger partial charge in [0, 0.05) is 10.6 Å². The summed E-state index contributed by atoms with van der Waals surface area (Å²) in [7, 11) is 0. The van der Waals surface area contributed by atoms with Gasteiger partial charge in [0.15, 0.2) is 0 Å². The third-order valence-electron chi connectivity index (χ3n) is 2.69. The van der Waals surface area contributed by atoms with Crippen LogP contribution in [0.25, 0.3) is 0 Å². The van der Waals surface area contributed by atoms with Crippen molar-refractivity contribution in [2.45, 2.75) is 43.3 Å². The Labute approximate surface area is 106 Å². The molecule has 0 heterocycles. The number of carbonyl (C=O) groups is 1. The van der Waals surface area contributed by atoms with Gasteiger partial charge in [0.2, 0.25) is 0 Å². The maximum atomic E-state index is 11.2. The number of rotatable bonds is 6. The quantitative estimate of drug-likeness (QED) is 0.603. The molecule has 0 spiro atoms. The summed E-state index contributed by atoms with van der Waals surface area (Å²) in [4.78, 5) is 12.1. The van der Waals surface area contributed by atoms with E-state index in [0.717, 1.165) is 29.0 Å². The van der Waals surface area contributed by atoms with Crippen molar-refractivity contribution in [2.24, 2.45) is 0 Å². The lowest BCUT2D eigenvalue weighted by Gasteiger charge is -2.14. The Morgan fingerprint density at radius 1 is 1.53 bits per heavy atom. The Morgan fingerprint density at radius 2 is 2.24 bits per heavy atom. The number of anilines is 1. The Hall–Kier alpha value is -1.16. The highest BCUT2D eigenvalue weighted by molar-refractivity contribution is 8.00. The second kappa shape index (κ2) is 6.55.